The number of ether oxygens (including phenoxy) is 1. The highest BCUT2D eigenvalue weighted by Crippen LogP contribution is 2.15. The maximum Gasteiger partial charge on any atom is 0.120 e. The second-order valence-corrected chi connectivity index (χ2v) is 6.26. The summed E-state index contributed by atoms with van der Waals surface area (Å²) < 4.78 is 5.82. The molecule has 0 aliphatic rings. The topological polar surface area (TPSA) is 57.4 Å². The zero-order valence-corrected chi connectivity index (χ0v) is 15.4. The van der Waals surface area contributed by atoms with E-state index in [1.165, 1.54) is 0 Å². The van der Waals surface area contributed by atoms with Crippen LogP contribution in [0.4, 0.5) is 0 Å². The average molecular weight is 376 g/mol. The minimum atomic E-state index is 0.442. The van der Waals surface area contributed by atoms with Gasteiger partial charge in [-0.1, -0.05) is 54.1 Å². The van der Waals surface area contributed by atoms with Crippen LogP contribution in [-0.4, -0.2) is 6.21 Å². The Kier molecular flexibility index (Phi) is 6.45. The third-order valence-corrected chi connectivity index (χ3v) is 4.25. The fraction of sp³-hybridized carbons (Fsp3) is 0.0909. The first-order valence-electron chi connectivity index (χ1n) is 8.46. The predicted octanol–water partition coefficient (Wildman–Crippen LogP) is 4.91. The number of rotatable bonds is 7. The van der Waals surface area contributed by atoms with Gasteiger partial charge in [0.25, 0.3) is 0 Å². The van der Waals surface area contributed by atoms with Crippen LogP contribution in [0.3, 0.4) is 0 Å². The summed E-state index contributed by atoms with van der Waals surface area (Å²) in [6.45, 7) is 1.00. The third kappa shape index (κ3) is 5.60. The largest absolute Gasteiger partial charge is 0.489 e. The van der Waals surface area contributed by atoms with Gasteiger partial charge in [0.2, 0.25) is 0 Å². The lowest BCUT2D eigenvalue weighted by Crippen LogP contribution is -2.06. The first kappa shape index (κ1) is 18.5. The molecule has 0 aliphatic carbocycles. The molecule has 3 aromatic rings. The van der Waals surface area contributed by atoms with E-state index in [9.17, 15) is 0 Å². The second-order valence-electron chi connectivity index (χ2n) is 5.85. The summed E-state index contributed by atoms with van der Waals surface area (Å²) in [6.07, 6.45) is 1.74. The highest BCUT2D eigenvalue weighted by atomic mass is 35.5. The van der Waals surface area contributed by atoms with Gasteiger partial charge in [0, 0.05) is 5.02 Å². The van der Waals surface area contributed by atoms with Crippen molar-refractivity contribution >= 4 is 17.8 Å². The van der Waals surface area contributed by atoms with Gasteiger partial charge in [0.1, 0.15) is 12.4 Å². The van der Waals surface area contributed by atoms with Crippen molar-refractivity contribution in [1.29, 1.82) is 5.26 Å². The van der Waals surface area contributed by atoms with Crippen LogP contribution in [0.25, 0.3) is 0 Å². The van der Waals surface area contributed by atoms with Gasteiger partial charge in [-0.3, -0.25) is 0 Å². The highest BCUT2D eigenvalue weighted by molar-refractivity contribution is 6.31. The summed E-state index contributed by atoms with van der Waals surface area (Å²) in [7, 11) is 0. The van der Waals surface area contributed by atoms with Crippen LogP contribution in [-0.2, 0) is 13.2 Å². The molecule has 0 radical (unpaired) electrons. The van der Waals surface area contributed by atoms with Crippen molar-refractivity contribution in [3.05, 3.63) is 100 Å². The molecule has 0 aromatic heterocycles. The lowest BCUT2D eigenvalue weighted by Gasteiger charge is -2.07. The monoisotopic (exact) mass is 375 g/mol. The number of halogens is 1. The molecule has 27 heavy (non-hydrogen) atoms. The summed E-state index contributed by atoms with van der Waals surface area (Å²) in [4.78, 5) is 0. The Balaban J connectivity index is 1.53. The van der Waals surface area contributed by atoms with E-state index in [-0.39, 0.29) is 0 Å². The first-order valence-corrected chi connectivity index (χ1v) is 8.83. The molecule has 0 atom stereocenters. The van der Waals surface area contributed by atoms with E-state index >= 15 is 0 Å². The summed E-state index contributed by atoms with van der Waals surface area (Å²) >= 11 is 6.12. The Labute approximate surface area is 163 Å². The molecule has 3 rings (SSSR count). The lowest BCUT2D eigenvalue weighted by atomic mass is 10.1. The van der Waals surface area contributed by atoms with Gasteiger partial charge in [0.05, 0.1) is 24.4 Å². The Morgan fingerprint density at radius 3 is 2.63 bits per heavy atom. The van der Waals surface area contributed by atoms with Crippen LogP contribution in [0.1, 0.15) is 22.3 Å². The third-order valence-electron chi connectivity index (χ3n) is 3.88. The standard InChI is InChI=1S/C22H18ClN3O/c23-22-7-2-1-5-20(22)15-26-25-14-19-4-3-6-21(12-19)27-16-18-10-8-17(13-24)9-11-18/h1-12,14,26H,15-16H2/b25-14-. The van der Waals surface area contributed by atoms with E-state index in [0.29, 0.717) is 18.7 Å². The highest BCUT2D eigenvalue weighted by Gasteiger charge is 1.99. The Bertz CT molecular complexity index is 962. The molecular weight excluding hydrogens is 358 g/mol. The summed E-state index contributed by atoms with van der Waals surface area (Å²) in [6, 6.07) is 24.8. The van der Waals surface area contributed by atoms with Crippen LogP contribution in [0, 0.1) is 11.3 Å². The minimum Gasteiger partial charge on any atom is -0.489 e. The number of hydrazone groups is 1. The molecule has 0 saturated carbocycles. The van der Waals surface area contributed by atoms with Gasteiger partial charge in [-0.25, -0.2) is 0 Å². The summed E-state index contributed by atoms with van der Waals surface area (Å²) in [5.74, 6) is 0.759. The molecule has 0 spiro atoms. The number of benzene rings is 3. The fourth-order valence-electron chi connectivity index (χ4n) is 2.42. The lowest BCUT2D eigenvalue weighted by molar-refractivity contribution is 0.306. The molecule has 134 valence electrons. The number of nitriles is 1. The van der Waals surface area contributed by atoms with Crippen LogP contribution in [0.5, 0.6) is 5.75 Å². The predicted molar refractivity (Wildman–Crippen MR) is 108 cm³/mol. The smallest absolute Gasteiger partial charge is 0.120 e. The molecule has 5 heteroatoms. The molecule has 4 nitrogen and oxygen atoms in total. The molecule has 1 N–H and O–H groups in total. The molecule has 0 unspecified atom stereocenters. The molecule has 3 aromatic carbocycles. The van der Waals surface area contributed by atoms with E-state index in [1.807, 2.05) is 60.7 Å². The van der Waals surface area contributed by atoms with Crippen molar-refractivity contribution in [2.24, 2.45) is 5.10 Å². The fourth-order valence-corrected chi connectivity index (χ4v) is 2.62. The Morgan fingerprint density at radius 2 is 1.85 bits per heavy atom. The number of hydrogen-bond acceptors (Lipinski definition) is 4. The van der Waals surface area contributed by atoms with Gasteiger partial charge in [-0.2, -0.15) is 10.4 Å². The zero-order chi connectivity index (χ0) is 18.9. The van der Waals surface area contributed by atoms with Crippen molar-refractivity contribution in [1.82, 2.24) is 5.43 Å². The van der Waals surface area contributed by atoms with Crippen molar-refractivity contribution < 1.29 is 4.74 Å². The quantitative estimate of drug-likeness (QED) is 0.471. The van der Waals surface area contributed by atoms with E-state index in [4.69, 9.17) is 21.6 Å². The van der Waals surface area contributed by atoms with Crippen molar-refractivity contribution in [3.8, 4) is 11.8 Å². The van der Waals surface area contributed by atoms with Gasteiger partial charge in [-0.05, 0) is 47.0 Å². The van der Waals surface area contributed by atoms with Crippen LogP contribution in [0.2, 0.25) is 5.02 Å². The molecular formula is C22H18ClN3O. The minimum absolute atomic E-state index is 0.442. The first-order chi connectivity index (χ1) is 13.2. The van der Waals surface area contributed by atoms with Gasteiger partial charge < -0.3 is 10.2 Å². The van der Waals surface area contributed by atoms with Gasteiger partial charge in [-0.15, -0.1) is 0 Å². The SMILES string of the molecule is N#Cc1ccc(COc2cccc(/C=N\NCc3ccccc3Cl)c2)cc1. The molecule has 0 amide bonds. The molecule has 0 heterocycles. The number of hydrogen-bond donors (Lipinski definition) is 1. The summed E-state index contributed by atoms with van der Waals surface area (Å²) in [5, 5.41) is 13.8. The number of nitrogens with one attached hydrogen (secondary N) is 1. The zero-order valence-electron chi connectivity index (χ0n) is 14.6. The normalized spacial score (nSPS) is 10.5. The van der Waals surface area contributed by atoms with Crippen molar-refractivity contribution in [3.63, 3.8) is 0 Å². The van der Waals surface area contributed by atoms with Gasteiger partial charge >= 0.3 is 0 Å². The Hall–Kier alpha value is -3.29. The van der Waals surface area contributed by atoms with Crippen molar-refractivity contribution in [2.45, 2.75) is 13.2 Å². The molecule has 0 saturated heterocycles. The average Bonchev–Trinajstić information content (AvgIpc) is 2.71. The van der Waals surface area contributed by atoms with E-state index in [2.05, 4.69) is 16.6 Å². The molecule has 0 fully saturated rings. The van der Waals surface area contributed by atoms with E-state index in [0.717, 1.165) is 27.5 Å². The maximum atomic E-state index is 8.83. The van der Waals surface area contributed by atoms with E-state index in [1.54, 1.807) is 18.3 Å². The van der Waals surface area contributed by atoms with Gasteiger partial charge in [0.15, 0.2) is 0 Å². The van der Waals surface area contributed by atoms with Crippen LogP contribution in [0.15, 0.2) is 77.9 Å². The number of nitrogens with zero attached hydrogens (tertiary/aromatic N) is 2. The second kappa shape index (κ2) is 9.42. The summed E-state index contributed by atoms with van der Waals surface area (Å²) in [5.41, 5.74) is 6.57. The van der Waals surface area contributed by atoms with Crippen LogP contribution < -0.4 is 10.2 Å². The maximum absolute atomic E-state index is 8.83. The molecule has 0 aliphatic heterocycles. The van der Waals surface area contributed by atoms with E-state index < -0.39 is 0 Å². The van der Waals surface area contributed by atoms with Crippen molar-refractivity contribution in [2.75, 3.05) is 0 Å². The molecule has 0 bridgehead atoms. The van der Waals surface area contributed by atoms with Crippen LogP contribution >= 0.6 is 11.6 Å². The Morgan fingerprint density at radius 1 is 1.04 bits per heavy atom.